The molecular weight excluding hydrogens is 288 g/mol. The van der Waals surface area contributed by atoms with Crippen molar-refractivity contribution < 1.29 is 9.47 Å². The van der Waals surface area contributed by atoms with E-state index in [1.54, 1.807) is 14.2 Å². The molecule has 23 heavy (non-hydrogen) atoms. The number of aromatic nitrogens is 1. The summed E-state index contributed by atoms with van der Waals surface area (Å²) in [7, 11) is 5.17. The summed E-state index contributed by atoms with van der Waals surface area (Å²) in [5, 5.41) is 10.6. The van der Waals surface area contributed by atoms with Gasteiger partial charge >= 0.3 is 0 Å². The van der Waals surface area contributed by atoms with Crippen LogP contribution in [0.25, 0.3) is 22.0 Å². The summed E-state index contributed by atoms with van der Waals surface area (Å²) < 4.78 is 12.9. The summed E-state index contributed by atoms with van der Waals surface area (Å²) in [5.41, 5.74) is 4.83. The van der Waals surface area contributed by atoms with Gasteiger partial charge in [-0.1, -0.05) is 18.2 Å². The van der Waals surface area contributed by atoms with Gasteiger partial charge in [-0.2, -0.15) is 5.26 Å². The molecule has 116 valence electrons. The Morgan fingerprint density at radius 3 is 2.48 bits per heavy atom. The summed E-state index contributed by atoms with van der Waals surface area (Å²) in [6.07, 6.45) is 0. The molecule has 0 fully saturated rings. The first-order valence-corrected chi connectivity index (χ1v) is 7.32. The van der Waals surface area contributed by atoms with Crippen LogP contribution in [0.3, 0.4) is 0 Å². The molecule has 0 saturated carbocycles. The van der Waals surface area contributed by atoms with Crippen molar-refractivity contribution in [2.45, 2.75) is 6.92 Å². The fraction of sp³-hybridized carbons (Fsp3) is 0.211. The fourth-order valence-corrected chi connectivity index (χ4v) is 3.08. The molecule has 0 radical (unpaired) electrons. The number of rotatable bonds is 3. The van der Waals surface area contributed by atoms with Crippen LogP contribution in [0, 0.1) is 18.3 Å². The third kappa shape index (κ3) is 2.22. The molecule has 3 rings (SSSR count). The van der Waals surface area contributed by atoms with E-state index in [4.69, 9.17) is 9.47 Å². The molecule has 0 spiro atoms. The molecule has 0 saturated heterocycles. The van der Waals surface area contributed by atoms with Crippen LogP contribution in [0.2, 0.25) is 0 Å². The zero-order chi connectivity index (χ0) is 16.6. The Bertz CT molecular complexity index is 933. The summed E-state index contributed by atoms with van der Waals surface area (Å²) in [6, 6.07) is 14.2. The second kappa shape index (κ2) is 5.69. The van der Waals surface area contributed by atoms with Gasteiger partial charge < -0.3 is 14.0 Å². The van der Waals surface area contributed by atoms with E-state index in [0.29, 0.717) is 17.1 Å². The zero-order valence-corrected chi connectivity index (χ0v) is 13.7. The monoisotopic (exact) mass is 306 g/mol. The lowest BCUT2D eigenvalue weighted by molar-refractivity contribution is 0.354. The van der Waals surface area contributed by atoms with Crippen molar-refractivity contribution in [2.75, 3.05) is 14.2 Å². The standard InChI is InChI=1S/C19H18N2O2/c1-12-18(15-7-5-6-8-16(15)21(12)2)13-9-14(11-20)19(23-4)17(10-13)22-3/h5-10H,1-4H3. The topological polar surface area (TPSA) is 47.2 Å². The molecule has 0 atom stereocenters. The van der Waals surface area contributed by atoms with Gasteiger partial charge in [0.15, 0.2) is 11.5 Å². The molecule has 1 heterocycles. The number of ether oxygens (including phenoxy) is 2. The van der Waals surface area contributed by atoms with Crippen LogP contribution in [0.1, 0.15) is 11.3 Å². The first-order valence-electron chi connectivity index (χ1n) is 7.32. The summed E-state index contributed by atoms with van der Waals surface area (Å²) in [4.78, 5) is 0. The molecule has 3 aromatic rings. The van der Waals surface area contributed by atoms with Gasteiger partial charge in [-0.05, 0) is 30.7 Å². The van der Waals surface area contributed by atoms with E-state index in [1.165, 1.54) is 0 Å². The SMILES string of the molecule is COc1cc(-c2c(C)n(C)c3ccccc23)cc(C#N)c1OC. The Morgan fingerprint density at radius 1 is 1.09 bits per heavy atom. The third-order valence-electron chi connectivity index (χ3n) is 4.29. The van der Waals surface area contributed by atoms with Crippen LogP contribution in [-0.4, -0.2) is 18.8 Å². The van der Waals surface area contributed by atoms with E-state index in [9.17, 15) is 5.26 Å². The maximum absolute atomic E-state index is 9.44. The van der Waals surface area contributed by atoms with Gasteiger partial charge in [0, 0.05) is 29.2 Å². The lowest BCUT2D eigenvalue weighted by Crippen LogP contribution is -1.95. The number of hydrogen-bond donors (Lipinski definition) is 0. The molecule has 1 aromatic heterocycles. The highest BCUT2D eigenvalue weighted by Gasteiger charge is 2.18. The van der Waals surface area contributed by atoms with Crippen LogP contribution in [0.5, 0.6) is 11.5 Å². The molecule has 0 bridgehead atoms. The third-order valence-corrected chi connectivity index (χ3v) is 4.29. The first-order chi connectivity index (χ1) is 11.1. The fourth-order valence-electron chi connectivity index (χ4n) is 3.08. The highest BCUT2D eigenvalue weighted by atomic mass is 16.5. The minimum atomic E-state index is 0.467. The van der Waals surface area contributed by atoms with Crippen LogP contribution in [0.15, 0.2) is 36.4 Å². The van der Waals surface area contributed by atoms with Gasteiger partial charge in [-0.3, -0.25) is 0 Å². The number of benzene rings is 2. The smallest absolute Gasteiger partial charge is 0.178 e. The minimum absolute atomic E-state index is 0.467. The van der Waals surface area contributed by atoms with E-state index in [-0.39, 0.29) is 0 Å². The Morgan fingerprint density at radius 2 is 1.83 bits per heavy atom. The van der Waals surface area contributed by atoms with E-state index < -0.39 is 0 Å². The van der Waals surface area contributed by atoms with Gasteiger partial charge in [0.2, 0.25) is 0 Å². The first kappa shape index (κ1) is 15.0. The number of para-hydroxylation sites is 1. The number of aryl methyl sites for hydroxylation is 1. The molecule has 2 aromatic carbocycles. The number of fused-ring (bicyclic) bond motifs is 1. The Kier molecular flexibility index (Phi) is 3.71. The molecule has 0 aliphatic rings. The van der Waals surface area contributed by atoms with Crippen molar-refractivity contribution >= 4 is 10.9 Å². The van der Waals surface area contributed by atoms with Crippen LogP contribution < -0.4 is 9.47 Å². The van der Waals surface area contributed by atoms with Crippen molar-refractivity contribution in [3.8, 4) is 28.7 Å². The zero-order valence-electron chi connectivity index (χ0n) is 13.7. The molecule has 0 unspecified atom stereocenters. The number of methoxy groups -OCH3 is 2. The largest absolute Gasteiger partial charge is 0.493 e. The van der Waals surface area contributed by atoms with Gasteiger partial charge in [-0.25, -0.2) is 0 Å². The Labute approximate surface area is 135 Å². The average molecular weight is 306 g/mol. The molecule has 0 N–H and O–H groups in total. The van der Waals surface area contributed by atoms with E-state index in [1.807, 2.05) is 31.3 Å². The van der Waals surface area contributed by atoms with Crippen molar-refractivity contribution in [3.63, 3.8) is 0 Å². The van der Waals surface area contributed by atoms with E-state index in [2.05, 4.69) is 29.7 Å². The van der Waals surface area contributed by atoms with Crippen LogP contribution in [0.4, 0.5) is 0 Å². The predicted octanol–water partition coefficient (Wildman–Crippen LogP) is 4.04. The van der Waals surface area contributed by atoms with Gasteiger partial charge in [0.1, 0.15) is 6.07 Å². The Hall–Kier alpha value is -2.93. The number of hydrogen-bond acceptors (Lipinski definition) is 3. The van der Waals surface area contributed by atoms with Crippen molar-refractivity contribution in [1.29, 1.82) is 5.26 Å². The highest BCUT2D eigenvalue weighted by molar-refractivity contribution is 5.98. The maximum Gasteiger partial charge on any atom is 0.178 e. The van der Waals surface area contributed by atoms with E-state index in [0.717, 1.165) is 27.7 Å². The normalized spacial score (nSPS) is 10.6. The molecular formula is C19H18N2O2. The Balaban J connectivity index is 2.36. The lowest BCUT2D eigenvalue weighted by Gasteiger charge is -2.12. The van der Waals surface area contributed by atoms with Crippen molar-refractivity contribution in [1.82, 2.24) is 4.57 Å². The second-order valence-electron chi connectivity index (χ2n) is 5.41. The molecule has 4 heteroatoms. The molecule has 0 aliphatic heterocycles. The van der Waals surface area contributed by atoms with Gasteiger partial charge in [0.25, 0.3) is 0 Å². The highest BCUT2D eigenvalue weighted by Crippen LogP contribution is 2.40. The maximum atomic E-state index is 9.44. The summed E-state index contributed by atoms with van der Waals surface area (Å²) in [6.45, 7) is 2.08. The lowest BCUT2D eigenvalue weighted by atomic mass is 9.99. The van der Waals surface area contributed by atoms with Crippen molar-refractivity contribution in [3.05, 3.63) is 47.7 Å². The summed E-state index contributed by atoms with van der Waals surface area (Å²) >= 11 is 0. The predicted molar refractivity (Wildman–Crippen MR) is 90.9 cm³/mol. The number of nitrogens with zero attached hydrogens (tertiary/aromatic N) is 2. The average Bonchev–Trinajstić information content (AvgIpc) is 2.85. The van der Waals surface area contributed by atoms with Gasteiger partial charge in [-0.15, -0.1) is 0 Å². The quantitative estimate of drug-likeness (QED) is 0.733. The molecule has 0 aliphatic carbocycles. The van der Waals surface area contributed by atoms with Crippen LogP contribution >= 0.6 is 0 Å². The summed E-state index contributed by atoms with van der Waals surface area (Å²) in [5.74, 6) is 1.03. The van der Waals surface area contributed by atoms with Crippen molar-refractivity contribution in [2.24, 2.45) is 7.05 Å². The molecule has 0 amide bonds. The second-order valence-corrected chi connectivity index (χ2v) is 5.41. The van der Waals surface area contributed by atoms with Crippen LogP contribution in [-0.2, 0) is 7.05 Å². The van der Waals surface area contributed by atoms with Gasteiger partial charge in [0.05, 0.1) is 19.8 Å². The molecule has 4 nitrogen and oxygen atoms in total. The number of nitriles is 1. The minimum Gasteiger partial charge on any atom is -0.493 e. The van der Waals surface area contributed by atoms with E-state index >= 15 is 0 Å².